The Kier molecular flexibility index (Phi) is 4.24. The monoisotopic (exact) mass is 299 g/mol. The summed E-state index contributed by atoms with van der Waals surface area (Å²) in [7, 11) is 0. The van der Waals surface area contributed by atoms with Crippen LogP contribution in [0.25, 0.3) is 10.9 Å². The van der Waals surface area contributed by atoms with Crippen LogP contribution in [0.3, 0.4) is 0 Å². The summed E-state index contributed by atoms with van der Waals surface area (Å²) in [4.78, 5) is 18.6. The Hall–Kier alpha value is -2.14. The van der Waals surface area contributed by atoms with Gasteiger partial charge < -0.3 is 15.3 Å². The van der Waals surface area contributed by atoms with Gasteiger partial charge in [-0.15, -0.1) is 0 Å². The molecule has 1 aromatic carbocycles. The second-order valence-corrected chi connectivity index (χ2v) is 5.93. The van der Waals surface area contributed by atoms with Crippen LogP contribution in [0.4, 0.5) is 10.5 Å². The lowest BCUT2D eigenvalue weighted by Crippen LogP contribution is -2.41. The first kappa shape index (κ1) is 14.8. The highest BCUT2D eigenvalue weighted by Gasteiger charge is 2.22. The number of aliphatic hydroxyl groups excluding tert-OH is 1. The number of nitrogens with one attached hydrogen (secondary N) is 1. The van der Waals surface area contributed by atoms with Crippen molar-refractivity contribution in [2.24, 2.45) is 5.92 Å². The summed E-state index contributed by atoms with van der Waals surface area (Å²) >= 11 is 0. The Morgan fingerprint density at radius 2 is 2.18 bits per heavy atom. The Bertz CT molecular complexity index is 679. The number of aromatic nitrogens is 1. The molecule has 116 valence electrons. The van der Waals surface area contributed by atoms with Gasteiger partial charge in [0.1, 0.15) is 0 Å². The van der Waals surface area contributed by atoms with Crippen LogP contribution in [0.1, 0.15) is 18.4 Å². The number of piperidine rings is 1. The van der Waals surface area contributed by atoms with E-state index in [1.165, 1.54) is 0 Å². The highest BCUT2D eigenvalue weighted by Crippen LogP contribution is 2.24. The number of aryl methyl sites for hydroxylation is 1. The summed E-state index contributed by atoms with van der Waals surface area (Å²) in [6.07, 6.45) is 3.45. The van der Waals surface area contributed by atoms with Crippen LogP contribution in [0.2, 0.25) is 0 Å². The standard InChI is InChI=1S/C17H21N3O2/c1-12-9-14-3-2-6-18-16(14)15(10-12)19-17(22)20-7-4-13(11-21)5-8-20/h2-3,6,9-10,13,21H,4-5,7-8,11H2,1H3,(H,19,22). The van der Waals surface area contributed by atoms with Crippen molar-refractivity contribution in [3.63, 3.8) is 0 Å². The number of carbonyl (C=O) groups is 1. The van der Waals surface area contributed by atoms with Crippen LogP contribution >= 0.6 is 0 Å². The molecule has 5 nitrogen and oxygen atoms in total. The van der Waals surface area contributed by atoms with E-state index in [-0.39, 0.29) is 12.6 Å². The fraction of sp³-hybridized carbons (Fsp3) is 0.412. The number of fused-ring (bicyclic) bond motifs is 1. The van der Waals surface area contributed by atoms with Crippen LogP contribution in [-0.4, -0.2) is 40.7 Å². The van der Waals surface area contributed by atoms with Gasteiger partial charge in [0.15, 0.2) is 0 Å². The highest BCUT2D eigenvalue weighted by molar-refractivity contribution is 6.00. The quantitative estimate of drug-likeness (QED) is 0.896. The van der Waals surface area contributed by atoms with Crippen molar-refractivity contribution in [1.29, 1.82) is 0 Å². The number of carbonyl (C=O) groups excluding carboxylic acids is 1. The molecule has 0 spiro atoms. The minimum atomic E-state index is -0.0889. The zero-order chi connectivity index (χ0) is 15.5. The Morgan fingerprint density at radius 3 is 2.91 bits per heavy atom. The van der Waals surface area contributed by atoms with Gasteiger partial charge in [-0.05, 0) is 49.4 Å². The van der Waals surface area contributed by atoms with E-state index in [0.717, 1.165) is 35.0 Å². The maximum Gasteiger partial charge on any atom is 0.321 e. The van der Waals surface area contributed by atoms with Gasteiger partial charge >= 0.3 is 6.03 Å². The molecule has 1 aromatic heterocycles. The van der Waals surface area contributed by atoms with E-state index in [0.29, 0.717) is 19.0 Å². The number of hydrogen-bond acceptors (Lipinski definition) is 3. The smallest absolute Gasteiger partial charge is 0.321 e. The summed E-state index contributed by atoms with van der Waals surface area (Å²) < 4.78 is 0. The Morgan fingerprint density at radius 1 is 1.41 bits per heavy atom. The lowest BCUT2D eigenvalue weighted by molar-refractivity contribution is 0.143. The number of pyridine rings is 1. The average Bonchev–Trinajstić information content (AvgIpc) is 2.54. The number of amides is 2. The van der Waals surface area contributed by atoms with Gasteiger partial charge in [-0.3, -0.25) is 4.98 Å². The van der Waals surface area contributed by atoms with Gasteiger partial charge in [0.2, 0.25) is 0 Å². The van der Waals surface area contributed by atoms with Crippen molar-refractivity contribution in [2.45, 2.75) is 19.8 Å². The summed E-state index contributed by atoms with van der Waals surface area (Å²) in [6, 6.07) is 7.82. The van der Waals surface area contributed by atoms with Crippen molar-refractivity contribution in [3.05, 3.63) is 36.0 Å². The van der Waals surface area contributed by atoms with Crippen LogP contribution in [0, 0.1) is 12.8 Å². The van der Waals surface area contributed by atoms with E-state index < -0.39 is 0 Å². The second-order valence-electron chi connectivity index (χ2n) is 5.93. The van der Waals surface area contributed by atoms with Crippen LogP contribution in [0.15, 0.2) is 30.5 Å². The van der Waals surface area contributed by atoms with E-state index in [1.54, 1.807) is 6.20 Å². The number of anilines is 1. The van der Waals surface area contributed by atoms with Crippen LogP contribution in [0.5, 0.6) is 0 Å². The molecule has 0 atom stereocenters. The summed E-state index contributed by atoms with van der Waals surface area (Å²) in [6.45, 7) is 3.60. The molecule has 0 bridgehead atoms. The van der Waals surface area contributed by atoms with Crippen molar-refractivity contribution < 1.29 is 9.90 Å². The third kappa shape index (κ3) is 3.04. The van der Waals surface area contributed by atoms with E-state index >= 15 is 0 Å². The van der Waals surface area contributed by atoms with Crippen molar-refractivity contribution in [1.82, 2.24) is 9.88 Å². The molecule has 2 N–H and O–H groups in total. The first-order chi connectivity index (χ1) is 10.7. The minimum absolute atomic E-state index is 0.0889. The first-order valence-electron chi connectivity index (χ1n) is 7.69. The van der Waals surface area contributed by atoms with Gasteiger partial charge in [-0.2, -0.15) is 0 Å². The molecule has 1 saturated heterocycles. The molecule has 2 amide bonds. The summed E-state index contributed by atoms with van der Waals surface area (Å²) in [5, 5.41) is 13.2. The molecule has 1 aliphatic rings. The number of nitrogens with zero attached hydrogens (tertiary/aromatic N) is 2. The van der Waals surface area contributed by atoms with E-state index in [1.807, 2.05) is 30.0 Å². The molecule has 1 fully saturated rings. The highest BCUT2D eigenvalue weighted by atomic mass is 16.3. The lowest BCUT2D eigenvalue weighted by Gasteiger charge is -2.31. The Labute approximate surface area is 130 Å². The molecule has 3 rings (SSSR count). The number of urea groups is 1. The maximum atomic E-state index is 12.4. The van der Waals surface area contributed by atoms with Crippen LogP contribution in [-0.2, 0) is 0 Å². The Balaban J connectivity index is 1.77. The second kappa shape index (κ2) is 6.32. The summed E-state index contributed by atoms with van der Waals surface area (Å²) in [5.41, 5.74) is 2.66. The number of aliphatic hydroxyl groups is 1. The fourth-order valence-electron chi connectivity index (χ4n) is 2.95. The molecule has 0 unspecified atom stereocenters. The molecule has 2 heterocycles. The van der Waals surface area contributed by atoms with Gasteiger partial charge in [0.05, 0.1) is 11.2 Å². The topological polar surface area (TPSA) is 65.5 Å². The van der Waals surface area contributed by atoms with E-state index in [9.17, 15) is 9.90 Å². The number of benzene rings is 1. The third-order valence-electron chi connectivity index (χ3n) is 4.25. The van der Waals surface area contributed by atoms with Crippen molar-refractivity contribution in [2.75, 3.05) is 25.0 Å². The number of likely N-dealkylation sites (tertiary alicyclic amines) is 1. The molecule has 5 heteroatoms. The third-order valence-corrected chi connectivity index (χ3v) is 4.25. The molecule has 0 aliphatic carbocycles. The molecule has 0 saturated carbocycles. The van der Waals surface area contributed by atoms with Gasteiger partial charge in [0, 0.05) is 31.3 Å². The number of rotatable bonds is 2. The predicted molar refractivity (Wildman–Crippen MR) is 86.9 cm³/mol. The average molecular weight is 299 g/mol. The molecule has 0 radical (unpaired) electrons. The zero-order valence-electron chi connectivity index (χ0n) is 12.7. The fourth-order valence-corrected chi connectivity index (χ4v) is 2.95. The van der Waals surface area contributed by atoms with Crippen LogP contribution < -0.4 is 5.32 Å². The zero-order valence-corrected chi connectivity index (χ0v) is 12.7. The predicted octanol–water partition coefficient (Wildman–Crippen LogP) is 2.78. The molecule has 22 heavy (non-hydrogen) atoms. The SMILES string of the molecule is Cc1cc(NC(=O)N2CCC(CO)CC2)c2ncccc2c1. The minimum Gasteiger partial charge on any atom is -0.396 e. The van der Waals surface area contributed by atoms with E-state index in [2.05, 4.69) is 16.4 Å². The molecular formula is C17H21N3O2. The van der Waals surface area contributed by atoms with E-state index in [4.69, 9.17) is 0 Å². The van der Waals surface area contributed by atoms with Crippen molar-refractivity contribution >= 4 is 22.6 Å². The van der Waals surface area contributed by atoms with Gasteiger partial charge in [-0.25, -0.2) is 4.79 Å². The van der Waals surface area contributed by atoms with Crippen molar-refractivity contribution in [3.8, 4) is 0 Å². The lowest BCUT2D eigenvalue weighted by atomic mass is 9.98. The normalized spacial score (nSPS) is 16.0. The molecule has 1 aliphatic heterocycles. The van der Waals surface area contributed by atoms with Gasteiger partial charge in [-0.1, -0.05) is 6.07 Å². The number of hydrogen-bond donors (Lipinski definition) is 2. The first-order valence-corrected chi connectivity index (χ1v) is 7.69. The maximum absolute atomic E-state index is 12.4. The molecular weight excluding hydrogens is 278 g/mol. The summed E-state index contributed by atoms with van der Waals surface area (Å²) in [5.74, 6) is 0.325. The largest absolute Gasteiger partial charge is 0.396 e. The molecule has 2 aromatic rings. The van der Waals surface area contributed by atoms with Gasteiger partial charge in [0.25, 0.3) is 0 Å².